The third kappa shape index (κ3) is 3.23. The number of carboxylic acids is 1. The Morgan fingerprint density at radius 1 is 1.16 bits per heavy atom. The van der Waals surface area contributed by atoms with Crippen LogP contribution in [0.2, 0.25) is 0 Å². The number of sulfonamides is 1. The molecule has 0 unspecified atom stereocenters. The largest absolute Gasteiger partial charge is 0.480 e. The van der Waals surface area contributed by atoms with Crippen LogP contribution >= 0.6 is 0 Å². The molecule has 0 fully saturated rings. The Labute approximate surface area is 145 Å². The molecule has 2 N–H and O–H groups in total. The summed E-state index contributed by atoms with van der Waals surface area (Å²) in [5.74, 6) is -2.88. The highest BCUT2D eigenvalue weighted by Gasteiger charge is 2.43. The van der Waals surface area contributed by atoms with Crippen LogP contribution in [0.3, 0.4) is 0 Å². The number of fused-ring (bicyclic) bond motifs is 1. The molecule has 9 heteroatoms. The Morgan fingerprint density at radius 2 is 1.76 bits per heavy atom. The molecule has 2 rings (SSSR count). The molecule has 1 aromatic carbocycles. The van der Waals surface area contributed by atoms with Crippen LogP contribution in [0.25, 0.3) is 0 Å². The predicted molar refractivity (Wildman–Crippen MR) is 88.7 cm³/mol. The van der Waals surface area contributed by atoms with E-state index in [1.165, 1.54) is 12.1 Å². The van der Waals surface area contributed by atoms with Gasteiger partial charge in [0, 0.05) is 11.6 Å². The van der Waals surface area contributed by atoms with Gasteiger partial charge in [-0.1, -0.05) is 13.8 Å². The highest BCUT2D eigenvalue weighted by Crippen LogP contribution is 2.32. The lowest BCUT2D eigenvalue weighted by atomic mass is 10.0. The number of aliphatic carboxylic acids is 1. The van der Waals surface area contributed by atoms with Crippen molar-refractivity contribution in [2.75, 3.05) is 0 Å². The fraction of sp³-hybridized carbons (Fsp3) is 0.438. The molecule has 0 saturated carbocycles. The first-order chi connectivity index (χ1) is 11.5. The van der Waals surface area contributed by atoms with E-state index in [2.05, 4.69) is 5.32 Å². The van der Waals surface area contributed by atoms with E-state index in [1.807, 2.05) is 0 Å². The second kappa shape index (κ2) is 6.47. The summed E-state index contributed by atoms with van der Waals surface area (Å²) in [6.07, 6.45) is 0. The number of rotatable bonds is 5. The van der Waals surface area contributed by atoms with Gasteiger partial charge in [-0.2, -0.15) is 0 Å². The number of hydrogen-bond acceptors (Lipinski definition) is 5. The van der Waals surface area contributed by atoms with Gasteiger partial charge in [0.1, 0.15) is 10.9 Å². The van der Waals surface area contributed by atoms with Crippen molar-refractivity contribution in [1.82, 2.24) is 9.62 Å². The third-order valence-corrected chi connectivity index (χ3v) is 5.90. The van der Waals surface area contributed by atoms with E-state index in [0.717, 1.165) is 10.4 Å². The summed E-state index contributed by atoms with van der Waals surface area (Å²) < 4.78 is 25.8. The molecule has 1 heterocycles. The Balaban J connectivity index is 2.41. The van der Waals surface area contributed by atoms with Gasteiger partial charge in [0.15, 0.2) is 0 Å². The van der Waals surface area contributed by atoms with Crippen LogP contribution in [0.15, 0.2) is 23.1 Å². The van der Waals surface area contributed by atoms with Crippen molar-refractivity contribution >= 4 is 27.8 Å². The van der Waals surface area contributed by atoms with Crippen LogP contribution in [0.5, 0.6) is 0 Å². The quantitative estimate of drug-likeness (QED) is 0.802. The molecule has 0 aliphatic carbocycles. The van der Waals surface area contributed by atoms with E-state index in [9.17, 15) is 22.8 Å². The van der Waals surface area contributed by atoms with Gasteiger partial charge in [-0.15, -0.1) is 0 Å². The topological polar surface area (TPSA) is 121 Å². The van der Waals surface area contributed by atoms with Gasteiger partial charge in [0.25, 0.3) is 21.8 Å². The summed E-state index contributed by atoms with van der Waals surface area (Å²) in [5.41, 5.74) is -0.0171. The number of carbonyl (C=O) groups is 3. The Bertz CT molecular complexity index is 844. The molecule has 0 radical (unpaired) electrons. The highest BCUT2D eigenvalue weighted by molar-refractivity contribution is 7.90. The monoisotopic (exact) mass is 368 g/mol. The molecule has 0 aromatic heterocycles. The molecule has 8 nitrogen and oxygen atoms in total. The van der Waals surface area contributed by atoms with Crippen molar-refractivity contribution in [2.45, 2.75) is 44.7 Å². The van der Waals surface area contributed by atoms with E-state index in [0.29, 0.717) is 0 Å². The summed E-state index contributed by atoms with van der Waals surface area (Å²) in [5, 5.41) is 11.5. The van der Waals surface area contributed by atoms with Gasteiger partial charge in [-0.3, -0.25) is 9.59 Å². The summed E-state index contributed by atoms with van der Waals surface area (Å²) in [6, 6.07) is 2.03. The average Bonchev–Trinajstić information content (AvgIpc) is 2.70. The van der Waals surface area contributed by atoms with E-state index in [-0.39, 0.29) is 21.9 Å². The maximum absolute atomic E-state index is 12.5. The molecular weight excluding hydrogens is 348 g/mol. The molecule has 136 valence electrons. The number of nitrogens with one attached hydrogen (secondary N) is 1. The van der Waals surface area contributed by atoms with Crippen molar-refractivity contribution in [3.8, 4) is 0 Å². The van der Waals surface area contributed by atoms with Crippen LogP contribution in [0.4, 0.5) is 0 Å². The van der Waals surface area contributed by atoms with Gasteiger partial charge < -0.3 is 10.4 Å². The summed E-state index contributed by atoms with van der Waals surface area (Å²) >= 11 is 0. The zero-order valence-corrected chi connectivity index (χ0v) is 15.1. The van der Waals surface area contributed by atoms with Crippen molar-refractivity contribution in [3.05, 3.63) is 29.3 Å². The first-order valence-electron chi connectivity index (χ1n) is 7.75. The van der Waals surface area contributed by atoms with Crippen LogP contribution in [-0.4, -0.2) is 47.7 Å². The van der Waals surface area contributed by atoms with Gasteiger partial charge in [-0.25, -0.2) is 17.5 Å². The first-order valence-corrected chi connectivity index (χ1v) is 9.19. The van der Waals surface area contributed by atoms with Gasteiger partial charge in [-0.05, 0) is 38.0 Å². The third-order valence-electron chi connectivity index (χ3n) is 3.90. The standard InChI is InChI=1S/C16H20N2O6S/c1-8(2)13(16(21)22)17-14(19)10-5-6-11-12(7-10)25(23,24)18(9(3)4)15(11)20/h5-9,13H,1-4H3,(H,17,19)(H,21,22)/t13-/m1/s1. The number of carboxylic acid groups (broad SMARTS) is 1. The summed E-state index contributed by atoms with van der Waals surface area (Å²) in [7, 11) is -4.02. The molecule has 0 saturated heterocycles. The number of carbonyl (C=O) groups excluding carboxylic acids is 2. The molecule has 25 heavy (non-hydrogen) atoms. The van der Waals surface area contributed by atoms with E-state index in [4.69, 9.17) is 5.11 Å². The Morgan fingerprint density at radius 3 is 2.24 bits per heavy atom. The van der Waals surface area contributed by atoms with Crippen LogP contribution in [0, 0.1) is 5.92 Å². The maximum Gasteiger partial charge on any atom is 0.326 e. The van der Waals surface area contributed by atoms with Crippen molar-refractivity contribution in [1.29, 1.82) is 0 Å². The maximum atomic E-state index is 12.5. The molecule has 1 aliphatic heterocycles. The molecule has 0 spiro atoms. The fourth-order valence-electron chi connectivity index (χ4n) is 2.64. The fourth-order valence-corrected chi connectivity index (χ4v) is 4.43. The summed E-state index contributed by atoms with van der Waals surface area (Å²) in [4.78, 5) is 35.5. The number of hydrogen-bond donors (Lipinski definition) is 2. The minimum atomic E-state index is -4.02. The number of amides is 2. The Kier molecular flexibility index (Phi) is 4.90. The van der Waals surface area contributed by atoms with Gasteiger partial charge in [0.05, 0.1) is 5.56 Å². The smallest absolute Gasteiger partial charge is 0.326 e. The molecule has 1 aliphatic rings. The average molecular weight is 368 g/mol. The summed E-state index contributed by atoms with van der Waals surface area (Å²) in [6.45, 7) is 6.45. The molecule has 0 bridgehead atoms. The van der Waals surface area contributed by atoms with E-state index < -0.39 is 39.9 Å². The lowest BCUT2D eigenvalue weighted by Crippen LogP contribution is -2.44. The van der Waals surface area contributed by atoms with Crippen molar-refractivity contribution in [2.24, 2.45) is 5.92 Å². The minimum Gasteiger partial charge on any atom is -0.480 e. The molecule has 1 atom stereocenters. The van der Waals surface area contributed by atoms with Crippen molar-refractivity contribution < 1.29 is 27.9 Å². The van der Waals surface area contributed by atoms with Crippen LogP contribution in [-0.2, 0) is 14.8 Å². The number of nitrogens with zero attached hydrogens (tertiary/aromatic N) is 1. The van der Waals surface area contributed by atoms with Gasteiger partial charge >= 0.3 is 5.97 Å². The van der Waals surface area contributed by atoms with Crippen LogP contribution < -0.4 is 5.32 Å². The van der Waals surface area contributed by atoms with E-state index in [1.54, 1.807) is 27.7 Å². The van der Waals surface area contributed by atoms with E-state index >= 15 is 0 Å². The SMILES string of the molecule is CC(C)[C@@H](NC(=O)c1ccc2c(c1)S(=O)(=O)N(C(C)C)C2=O)C(=O)O. The van der Waals surface area contributed by atoms with Crippen LogP contribution in [0.1, 0.15) is 48.4 Å². The zero-order valence-electron chi connectivity index (χ0n) is 14.3. The lowest BCUT2D eigenvalue weighted by Gasteiger charge is -2.19. The zero-order chi connectivity index (χ0) is 19.1. The number of benzene rings is 1. The molecule has 2 amide bonds. The Hall–Kier alpha value is -2.42. The lowest BCUT2D eigenvalue weighted by molar-refractivity contribution is -0.140. The second-order valence-electron chi connectivity index (χ2n) is 6.44. The van der Waals surface area contributed by atoms with Crippen molar-refractivity contribution in [3.63, 3.8) is 0 Å². The normalized spacial score (nSPS) is 16.9. The first kappa shape index (κ1) is 18.9. The highest BCUT2D eigenvalue weighted by atomic mass is 32.2. The molecule has 1 aromatic rings. The van der Waals surface area contributed by atoms with Gasteiger partial charge in [0.2, 0.25) is 0 Å². The minimum absolute atomic E-state index is 0.00361. The second-order valence-corrected chi connectivity index (χ2v) is 8.23. The predicted octanol–water partition coefficient (Wildman–Crippen LogP) is 1.08. The molecular formula is C16H20N2O6S.